The number of hydrogen-bond acceptors (Lipinski definition) is 3. The molecule has 0 unspecified atom stereocenters. The maximum Gasteiger partial charge on any atom is 0.219 e. The van der Waals surface area contributed by atoms with Crippen LogP contribution in [-0.2, 0) is 4.79 Å². The minimum Gasteiger partial charge on any atom is -0.343 e. The van der Waals surface area contributed by atoms with Gasteiger partial charge in [0.05, 0.1) is 6.07 Å². The van der Waals surface area contributed by atoms with E-state index in [4.69, 9.17) is 5.26 Å². The molecule has 2 aliphatic rings. The third-order valence-electron chi connectivity index (χ3n) is 4.14. The van der Waals surface area contributed by atoms with Gasteiger partial charge in [0.15, 0.2) is 0 Å². The Morgan fingerprint density at radius 2 is 1.71 bits per heavy atom. The Kier molecular flexibility index (Phi) is 4.01. The van der Waals surface area contributed by atoms with E-state index in [9.17, 15) is 4.79 Å². The second kappa shape index (κ2) is 5.50. The quantitative estimate of drug-likeness (QED) is 0.687. The zero-order valence-corrected chi connectivity index (χ0v) is 10.6. The molecule has 0 atom stereocenters. The number of likely N-dealkylation sites (tertiary alicyclic amines) is 2. The van der Waals surface area contributed by atoms with Crippen LogP contribution in [0.25, 0.3) is 0 Å². The molecule has 0 saturated carbocycles. The highest BCUT2D eigenvalue weighted by Crippen LogP contribution is 2.23. The van der Waals surface area contributed by atoms with Crippen LogP contribution in [0.1, 0.15) is 32.6 Å². The van der Waals surface area contributed by atoms with Crippen LogP contribution in [0.2, 0.25) is 0 Å². The summed E-state index contributed by atoms with van der Waals surface area (Å²) >= 11 is 0. The SMILES string of the molecule is CC(=O)N1CCC(N2CCC(C#N)CC2)CC1. The third kappa shape index (κ3) is 2.98. The Hall–Kier alpha value is -1.08. The molecule has 2 aliphatic heterocycles. The molecule has 17 heavy (non-hydrogen) atoms. The largest absolute Gasteiger partial charge is 0.343 e. The van der Waals surface area contributed by atoms with Crippen LogP contribution in [0.15, 0.2) is 0 Å². The highest BCUT2D eigenvalue weighted by Gasteiger charge is 2.28. The maximum absolute atomic E-state index is 11.2. The van der Waals surface area contributed by atoms with Gasteiger partial charge in [0.2, 0.25) is 5.91 Å². The second-order valence-corrected chi connectivity index (χ2v) is 5.18. The molecular weight excluding hydrogens is 214 g/mol. The van der Waals surface area contributed by atoms with Gasteiger partial charge >= 0.3 is 0 Å². The van der Waals surface area contributed by atoms with Crippen LogP contribution >= 0.6 is 0 Å². The van der Waals surface area contributed by atoms with Gasteiger partial charge in [0, 0.05) is 32.0 Å². The van der Waals surface area contributed by atoms with Crippen molar-refractivity contribution in [2.75, 3.05) is 26.2 Å². The summed E-state index contributed by atoms with van der Waals surface area (Å²) in [6, 6.07) is 3.00. The Morgan fingerprint density at radius 1 is 1.12 bits per heavy atom. The van der Waals surface area contributed by atoms with Gasteiger partial charge in [-0.2, -0.15) is 5.26 Å². The maximum atomic E-state index is 11.2. The smallest absolute Gasteiger partial charge is 0.219 e. The van der Waals surface area contributed by atoms with E-state index < -0.39 is 0 Å². The van der Waals surface area contributed by atoms with E-state index in [0.717, 1.165) is 51.9 Å². The van der Waals surface area contributed by atoms with Crippen molar-refractivity contribution in [2.45, 2.75) is 38.6 Å². The number of carbonyl (C=O) groups excluding carboxylic acids is 1. The molecule has 2 rings (SSSR count). The fourth-order valence-corrected chi connectivity index (χ4v) is 2.94. The fourth-order valence-electron chi connectivity index (χ4n) is 2.94. The molecule has 0 N–H and O–H groups in total. The molecule has 94 valence electrons. The number of piperidine rings is 2. The predicted molar refractivity (Wildman–Crippen MR) is 65.2 cm³/mol. The molecule has 4 heteroatoms. The third-order valence-corrected chi connectivity index (χ3v) is 4.14. The summed E-state index contributed by atoms with van der Waals surface area (Å²) in [5.41, 5.74) is 0. The monoisotopic (exact) mass is 235 g/mol. The first-order valence-corrected chi connectivity index (χ1v) is 6.60. The lowest BCUT2D eigenvalue weighted by Gasteiger charge is -2.40. The van der Waals surface area contributed by atoms with Gasteiger partial charge < -0.3 is 9.80 Å². The number of nitrogens with zero attached hydrogens (tertiary/aromatic N) is 3. The van der Waals surface area contributed by atoms with Crippen LogP contribution < -0.4 is 0 Å². The van der Waals surface area contributed by atoms with Crippen molar-refractivity contribution in [1.82, 2.24) is 9.80 Å². The Morgan fingerprint density at radius 3 is 2.18 bits per heavy atom. The molecule has 4 nitrogen and oxygen atoms in total. The van der Waals surface area contributed by atoms with Gasteiger partial charge in [-0.1, -0.05) is 0 Å². The first-order chi connectivity index (χ1) is 8.20. The molecule has 0 aliphatic carbocycles. The van der Waals surface area contributed by atoms with E-state index >= 15 is 0 Å². The summed E-state index contributed by atoms with van der Waals surface area (Å²) in [6.45, 7) is 5.57. The van der Waals surface area contributed by atoms with Gasteiger partial charge in [-0.3, -0.25) is 4.79 Å². The summed E-state index contributed by atoms with van der Waals surface area (Å²) in [4.78, 5) is 15.7. The summed E-state index contributed by atoms with van der Waals surface area (Å²) in [5, 5.41) is 8.87. The highest BCUT2D eigenvalue weighted by atomic mass is 16.2. The lowest BCUT2D eigenvalue weighted by Crippen LogP contribution is -2.48. The Bertz CT molecular complexity index is 307. The van der Waals surface area contributed by atoms with Crippen molar-refractivity contribution in [2.24, 2.45) is 5.92 Å². The van der Waals surface area contributed by atoms with Crippen molar-refractivity contribution in [3.05, 3.63) is 0 Å². The summed E-state index contributed by atoms with van der Waals surface area (Å²) in [5.74, 6) is 0.468. The minimum absolute atomic E-state index is 0.201. The molecule has 0 radical (unpaired) electrons. The van der Waals surface area contributed by atoms with Gasteiger partial charge in [-0.25, -0.2) is 0 Å². The topological polar surface area (TPSA) is 47.3 Å². The normalized spacial score (nSPS) is 24.6. The number of hydrogen-bond donors (Lipinski definition) is 0. The molecule has 0 aromatic heterocycles. The molecule has 2 fully saturated rings. The van der Waals surface area contributed by atoms with E-state index in [1.165, 1.54) is 0 Å². The van der Waals surface area contributed by atoms with Crippen LogP contribution in [0.3, 0.4) is 0 Å². The Labute approximate surface area is 103 Å². The number of nitriles is 1. The standard InChI is InChI=1S/C13H21N3O/c1-11(17)15-8-4-13(5-9-15)16-6-2-12(10-14)3-7-16/h12-13H,2-9H2,1H3. The number of rotatable bonds is 1. The summed E-state index contributed by atoms with van der Waals surface area (Å²) < 4.78 is 0. The zero-order chi connectivity index (χ0) is 12.3. The average molecular weight is 235 g/mol. The molecule has 0 spiro atoms. The molecule has 2 saturated heterocycles. The molecule has 2 heterocycles. The van der Waals surface area contributed by atoms with E-state index in [2.05, 4.69) is 11.0 Å². The predicted octanol–water partition coefficient (Wildman–Crippen LogP) is 1.23. The lowest BCUT2D eigenvalue weighted by atomic mass is 9.94. The van der Waals surface area contributed by atoms with E-state index in [1.54, 1.807) is 6.92 Å². The van der Waals surface area contributed by atoms with Gasteiger partial charge in [-0.15, -0.1) is 0 Å². The van der Waals surface area contributed by atoms with Crippen molar-refractivity contribution in [1.29, 1.82) is 5.26 Å². The fraction of sp³-hybridized carbons (Fsp3) is 0.846. The van der Waals surface area contributed by atoms with Gasteiger partial charge in [-0.05, 0) is 38.8 Å². The van der Waals surface area contributed by atoms with E-state index in [-0.39, 0.29) is 11.8 Å². The molecule has 0 aromatic rings. The van der Waals surface area contributed by atoms with Crippen molar-refractivity contribution >= 4 is 5.91 Å². The highest BCUT2D eigenvalue weighted by molar-refractivity contribution is 5.73. The summed E-state index contributed by atoms with van der Waals surface area (Å²) in [6.07, 6.45) is 4.22. The lowest BCUT2D eigenvalue weighted by molar-refractivity contribution is -0.130. The molecular formula is C13H21N3O. The van der Waals surface area contributed by atoms with Gasteiger partial charge in [0.25, 0.3) is 0 Å². The van der Waals surface area contributed by atoms with Crippen LogP contribution in [0.5, 0.6) is 0 Å². The zero-order valence-electron chi connectivity index (χ0n) is 10.6. The molecule has 0 bridgehead atoms. The summed E-state index contributed by atoms with van der Waals surface area (Å²) in [7, 11) is 0. The van der Waals surface area contributed by atoms with Gasteiger partial charge in [0.1, 0.15) is 0 Å². The first kappa shape index (κ1) is 12.4. The second-order valence-electron chi connectivity index (χ2n) is 5.18. The minimum atomic E-state index is 0.201. The van der Waals surface area contributed by atoms with Crippen molar-refractivity contribution < 1.29 is 4.79 Å². The average Bonchev–Trinajstić information content (AvgIpc) is 2.39. The Balaban J connectivity index is 1.78. The van der Waals surface area contributed by atoms with Crippen molar-refractivity contribution in [3.8, 4) is 6.07 Å². The van der Waals surface area contributed by atoms with Crippen LogP contribution in [0, 0.1) is 17.2 Å². The van der Waals surface area contributed by atoms with E-state index in [0.29, 0.717) is 6.04 Å². The van der Waals surface area contributed by atoms with Crippen LogP contribution in [0.4, 0.5) is 0 Å². The molecule has 0 aromatic carbocycles. The van der Waals surface area contributed by atoms with Crippen molar-refractivity contribution in [3.63, 3.8) is 0 Å². The molecule has 1 amide bonds. The number of amides is 1. The van der Waals surface area contributed by atoms with Crippen LogP contribution in [-0.4, -0.2) is 47.9 Å². The first-order valence-electron chi connectivity index (χ1n) is 6.60. The number of carbonyl (C=O) groups is 1. The van der Waals surface area contributed by atoms with E-state index in [1.807, 2.05) is 4.90 Å².